The van der Waals surface area contributed by atoms with Crippen molar-refractivity contribution in [2.75, 3.05) is 5.32 Å². The number of benzene rings is 1. The van der Waals surface area contributed by atoms with Crippen LogP contribution in [0.1, 0.15) is 70.8 Å². The Morgan fingerprint density at radius 1 is 1.07 bits per heavy atom. The van der Waals surface area contributed by atoms with Crippen LogP contribution in [0.2, 0.25) is 0 Å². The van der Waals surface area contributed by atoms with Gasteiger partial charge in [0.2, 0.25) is 0 Å². The number of rotatable bonds is 5. The SMILES string of the molecule is CC(=O)c1ccc(NC(=O)c2nc(C(=O)NC(C)C)c3n2CCCC3)cc1. The average Bonchev–Trinajstić information content (AvgIpc) is 3.01. The molecule has 3 rings (SSSR count). The second kappa shape index (κ2) is 7.73. The minimum Gasteiger partial charge on any atom is -0.348 e. The van der Waals surface area contributed by atoms with Crippen LogP contribution in [0.5, 0.6) is 0 Å². The van der Waals surface area contributed by atoms with E-state index >= 15 is 0 Å². The number of anilines is 1. The van der Waals surface area contributed by atoms with Crippen LogP contribution in [0.3, 0.4) is 0 Å². The lowest BCUT2D eigenvalue weighted by Gasteiger charge is -2.17. The summed E-state index contributed by atoms with van der Waals surface area (Å²) in [6, 6.07) is 6.69. The van der Waals surface area contributed by atoms with Crippen LogP contribution in [0, 0.1) is 0 Å². The van der Waals surface area contributed by atoms with E-state index in [1.807, 2.05) is 18.4 Å². The lowest BCUT2D eigenvalue weighted by Crippen LogP contribution is -2.31. The van der Waals surface area contributed by atoms with Gasteiger partial charge in [-0.25, -0.2) is 4.98 Å². The maximum absolute atomic E-state index is 12.8. The van der Waals surface area contributed by atoms with Gasteiger partial charge in [0.1, 0.15) is 5.69 Å². The van der Waals surface area contributed by atoms with E-state index < -0.39 is 0 Å². The zero-order valence-electron chi connectivity index (χ0n) is 15.8. The fourth-order valence-corrected chi connectivity index (χ4v) is 3.20. The van der Waals surface area contributed by atoms with Crippen LogP contribution in [0.25, 0.3) is 0 Å². The first-order valence-corrected chi connectivity index (χ1v) is 9.19. The molecule has 1 aromatic carbocycles. The lowest BCUT2D eigenvalue weighted by atomic mass is 10.1. The van der Waals surface area contributed by atoms with E-state index in [1.165, 1.54) is 6.92 Å². The molecule has 0 atom stereocenters. The monoisotopic (exact) mass is 368 g/mol. The number of nitrogens with zero attached hydrogens (tertiary/aromatic N) is 2. The Balaban J connectivity index is 1.87. The minimum absolute atomic E-state index is 0.00416. The van der Waals surface area contributed by atoms with Gasteiger partial charge < -0.3 is 15.2 Å². The number of ketones is 1. The van der Waals surface area contributed by atoms with Gasteiger partial charge in [0.05, 0.1) is 5.69 Å². The van der Waals surface area contributed by atoms with Crippen molar-refractivity contribution in [1.29, 1.82) is 0 Å². The third-order valence-electron chi connectivity index (χ3n) is 4.51. The van der Waals surface area contributed by atoms with Gasteiger partial charge >= 0.3 is 0 Å². The third kappa shape index (κ3) is 4.07. The molecule has 1 aromatic heterocycles. The first-order chi connectivity index (χ1) is 12.9. The number of nitrogens with one attached hydrogen (secondary N) is 2. The van der Waals surface area contributed by atoms with Crippen molar-refractivity contribution < 1.29 is 14.4 Å². The van der Waals surface area contributed by atoms with Gasteiger partial charge in [-0.3, -0.25) is 14.4 Å². The summed E-state index contributed by atoms with van der Waals surface area (Å²) in [5.74, 6) is -0.400. The Hall–Kier alpha value is -2.96. The highest BCUT2D eigenvalue weighted by atomic mass is 16.2. The highest BCUT2D eigenvalue weighted by molar-refractivity contribution is 6.04. The molecule has 2 aromatic rings. The summed E-state index contributed by atoms with van der Waals surface area (Å²) in [5.41, 5.74) is 2.31. The molecule has 2 amide bonds. The molecule has 0 radical (unpaired) electrons. The van der Waals surface area contributed by atoms with E-state index in [-0.39, 0.29) is 29.5 Å². The predicted octanol–water partition coefficient (Wildman–Crippen LogP) is 2.81. The molecule has 1 aliphatic rings. The van der Waals surface area contributed by atoms with E-state index in [2.05, 4.69) is 15.6 Å². The van der Waals surface area contributed by atoms with Crippen molar-refractivity contribution in [2.24, 2.45) is 0 Å². The number of hydrogen-bond donors (Lipinski definition) is 2. The molecular formula is C20H24N4O3. The molecule has 0 saturated heterocycles. The number of fused-ring (bicyclic) bond motifs is 1. The number of imidazole rings is 1. The molecule has 7 nitrogen and oxygen atoms in total. The fourth-order valence-electron chi connectivity index (χ4n) is 3.20. The van der Waals surface area contributed by atoms with Gasteiger partial charge in [0.25, 0.3) is 11.8 Å². The second-order valence-electron chi connectivity index (χ2n) is 7.06. The molecular weight excluding hydrogens is 344 g/mol. The normalized spacial score (nSPS) is 13.2. The van der Waals surface area contributed by atoms with Crippen molar-refractivity contribution in [1.82, 2.24) is 14.9 Å². The molecule has 0 spiro atoms. The van der Waals surface area contributed by atoms with Crippen molar-refractivity contribution in [2.45, 2.75) is 52.6 Å². The Morgan fingerprint density at radius 3 is 2.41 bits per heavy atom. The number of amides is 2. The fraction of sp³-hybridized carbons (Fsp3) is 0.400. The van der Waals surface area contributed by atoms with Crippen LogP contribution in [-0.2, 0) is 13.0 Å². The average molecular weight is 368 g/mol. The van der Waals surface area contributed by atoms with E-state index in [4.69, 9.17) is 0 Å². The molecule has 1 aliphatic heterocycles. The molecule has 2 N–H and O–H groups in total. The smallest absolute Gasteiger partial charge is 0.291 e. The summed E-state index contributed by atoms with van der Waals surface area (Å²) in [4.78, 5) is 41.0. The first-order valence-electron chi connectivity index (χ1n) is 9.19. The van der Waals surface area contributed by atoms with Gasteiger partial charge in [0, 0.05) is 23.8 Å². The standard InChI is InChI=1S/C20H24N4O3/c1-12(2)21-19(26)17-16-6-4-5-11-24(16)18(23-17)20(27)22-15-9-7-14(8-10-15)13(3)25/h7-10,12H,4-6,11H2,1-3H3,(H,21,26)(H,22,27). The maximum Gasteiger partial charge on any atom is 0.291 e. The highest BCUT2D eigenvalue weighted by Crippen LogP contribution is 2.22. The molecule has 0 fully saturated rings. The van der Waals surface area contributed by atoms with Gasteiger partial charge in [-0.1, -0.05) is 0 Å². The molecule has 2 heterocycles. The van der Waals surface area contributed by atoms with Gasteiger partial charge in [-0.05, 0) is 64.3 Å². The number of aromatic nitrogens is 2. The molecule has 0 aliphatic carbocycles. The van der Waals surface area contributed by atoms with Gasteiger partial charge in [-0.15, -0.1) is 0 Å². The number of hydrogen-bond acceptors (Lipinski definition) is 4. The van der Waals surface area contributed by atoms with E-state index in [0.717, 1.165) is 25.0 Å². The Labute approximate surface area is 158 Å². The van der Waals surface area contributed by atoms with Crippen LogP contribution < -0.4 is 10.6 Å². The Kier molecular flexibility index (Phi) is 5.39. The van der Waals surface area contributed by atoms with Crippen LogP contribution in [0.15, 0.2) is 24.3 Å². The topological polar surface area (TPSA) is 93.1 Å². The second-order valence-corrected chi connectivity index (χ2v) is 7.06. The Morgan fingerprint density at radius 2 is 1.78 bits per heavy atom. The summed E-state index contributed by atoms with van der Waals surface area (Å²) in [6.07, 6.45) is 2.65. The van der Waals surface area contributed by atoms with Crippen LogP contribution in [0.4, 0.5) is 5.69 Å². The minimum atomic E-state index is -0.364. The van der Waals surface area contributed by atoms with E-state index in [1.54, 1.807) is 24.3 Å². The lowest BCUT2D eigenvalue weighted by molar-refractivity contribution is 0.0936. The summed E-state index contributed by atoms with van der Waals surface area (Å²) < 4.78 is 1.85. The zero-order valence-corrected chi connectivity index (χ0v) is 15.8. The first kappa shape index (κ1) is 18.8. The zero-order chi connectivity index (χ0) is 19.6. The molecule has 142 valence electrons. The molecule has 0 saturated carbocycles. The van der Waals surface area contributed by atoms with Crippen molar-refractivity contribution >= 4 is 23.3 Å². The van der Waals surface area contributed by atoms with Crippen molar-refractivity contribution in [3.05, 3.63) is 47.0 Å². The summed E-state index contributed by atoms with van der Waals surface area (Å²) >= 11 is 0. The van der Waals surface area contributed by atoms with Crippen LogP contribution in [-0.4, -0.2) is 33.2 Å². The van der Waals surface area contributed by atoms with E-state index in [9.17, 15) is 14.4 Å². The van der Waals surface area contributed by atoms with Gasteiger partial charge in [-0.2, -0.15) is 0 Å². The number of carbonyl (C=O) groups is 3. The largest absolute Gasteiger partial charge is 0.348 e. The van der Waals surface area contributed by atoms with Crippen molar-refractivity contribution in [3.63, 3.8) is 0 Å². The predicted molar refractivity (Wildman–Crippen MR) is 102 cm³/mol. The number of carbonyl (C=O) groups excluding carboxylic acids is 3. The summed E-state index contributed by atoms with van der Waals surface area (Å²) in [6.45, 7) is 5.94. The molecule has 7 heteroatoms. The van der Waals surface area contributed by atoms with Gasteiger partial charge in [0.15, 0.2) is 11.6 Å². The number of Topliss-reactive ketones (excluding diaryl/α,β-unsaturated/α-hetero) is 1. The molecule has 0 unspecified atom stereocenters. The van der Waals surface area contributed by atoms with Crippen LogP contribution >= 0.6 is 0 Å². The van der Waals surface area contributed by atoms with Crippen molar-refractivity contribution in [3.8, 4) is 0 Å². The van der Waals surface area contributed by atoms with E-state index in [0.29, 0.717) is 23.5 Å². The quantitative estimate of drug-likeness (QED) is 0.794. The maximum atomic E-state index is 12.8. The third-order valence-corrected chi connectivity index (χ3v) is 4.51. The molecule has 0 bridgehead atoms. The molecule has 27 heavy (non-hydrogen) atoms. The summed E-state index contributed by atoms with van der Waals surface area (Å²) in [7, 11) is 0. The highest BCUT2D eigenvalue weighted by Gasteiger charge is 2.27. The Bertz CT molecular complexity index is 881. The summed E-state index contributed by atoms with van der Waals surface area (Å²) in [5, 5.41) is 5.65.